The molecule has 0 spiro atoms. The highest BCUT2D eigenvalue weighted by atomic mass is 35.5. The number of aryl methyl sites for hydroxylation is 1. The number of aromatic carboxylic acids is 1. The Morgan fingerprint density at radius 2 is 1.94 bits per heavy atom. The number of benzene rings is 2. The van der Waals surface area contributed by atoms with Gasteiger partial charge in [-0.15, -0.1) is 16.9 Å². The summed E-state index contributed by atoms with van der Waals surface area (Å²) in [4.78, 5) is 14.1. The Morgan fingerprint density at radius 1 is 1.22 bits per heavy atom. The summed E-state index contributed by atoms with van der Waals surface area (Å²) in [5.74, 6) is -0.282. The molecule has 0 radical (unpaired) electrons. The molecule has 168 valence electrons. The minimum absolute atomic E-state index is 0.0108. The Kier molecular flexibility index (Phi) is 6.91. The zero-order valence-electron chi connectivity index (χ0n) is 18.0. The van der Waals surface area contributed by atoms with Gasteiger partial charge in [0.1, 0.15) is 10.8 Å². The number of hydrogen-bond acceptors (Lipinski definition) is 6. The van der Waals surface area contributed by atoms with Crippen LogP contribution in [0.1, 0.15) is 34.5 Å². The molecule has 1 saturated heterocycles. The molecule has 4 rings (SSSR count). The van der Waals surface area contributed by atoms with Gasteiger partial charge in [0.15, 0.2) is 0 Å². The van der Waals surface area contributed by atoms with Gasteiger partial charge in [0.2, 0.25) is 5.69 Å². The molecule has 2 heterocycles. The first-order chi connectivity index (χ1) is 15.4. The standard InChI is InChI=1S/C23H25ClN4O3S/c1-15-3-6-17(24)13-20(15)27-11-9-19(10-12-27)32-22-21(23(29)30)25-26-28(22)14-16-4-7-18(31-2)8-5-16/h3-8,13,19H,9-12,14H2,1-2H3,(H,29,30). The Morgan fingerprint density at radius 3 is 2.59 bits per heavy atom. The molecule has 0 amide bonds. The van der Waals surface area contributed by atoms with Crippen molar-refractivity contribution in [1.29, 1.82) is 0 Å². The lowest BCUT2D eigenvalue weighted by atomic mass is 10.1. The van der Waals surface area contributed by atoms with Crippen molar-refractivity contribution < 1.29 is 14.6 Å². The molecule has 0 aliphatic carbocycles. The number of halogens is 1. The van der Waals surface area contributed by atoms with E-state index in [-0.39, 0.29) is 10.9 Å². The van der Waals surface area contributed by atoms with Crippen LogP contribution < -0.4 is 9.64 Å². The van der Waals surface area contributed by atoms with Crippen LogP contribution in [-0.2, 0) is 6.54 Å². The lowest BCUT2D eigenvalue weighted by Gasteiger charge is -2.34. The summed E-state index contributed by atoms with van der Waals surface area (Å²) in [7, 11) is 1.62. The first kappa shape index (κ1) is 22.5. The van der Waals surface area contributed by atoms with Gasteiger partial charge in [0.05, 0.1) is 13.7 Å². The molecule has 0 saturated carbocycles. The van der Waals surface area contributed by atoms with E-state index in [1.54, 1.807) is 23.6 Å². The Balaban J connectivity index is 1.47. The maximum Gasteiger partial charge on any atom is 0.359 e. The number of rotatable bonds is 7. The van der Waals surface area contributed by atoms with E-state index in [4.69, 9.17) is 16.3 Å². The minimum Gasteiger partial charge on any atom is -0.497 e. The van der Waals surface area contributed by atoms with E-state index in [9.17, 15) is 9.90 Å². The summed E-state index contributed by atoms with van der Waals surface area (Å²) in [6.45, 7) is 4.32. The fourth-order valence-corrected chi connectivity index (χ4v) is 5.25. The second-order valence-corrected chi connectivity index (χ2v) is 9.51. The number of carboxylic acids is 1. The van der Waals surface area contributed by atoms with Gasteiger partial charge in [0.25, 0.3) is 0 Å². The number of piperidine rings is 1. The summed E-state index contributed by atoms with van der Waals surface area (Å²) in [6.07, 6.45) is 1.87. The first-order valence-electron chi connectivity index (χ1n) is 10.4. The van der Waals surface area contributed by atoms with Gasteiger partial charge in [-0.25, -0.2) is 9.48 Å². The number of aromatic nitrogens is 3. The third-order valence-electron chi connectivity index (χ3n) is 5.62. The van der Waals surface area contributed by atoms with E-state index in [0.717, 1.165) is 42.3 Å². The molecule has 9 heteroatoms. The number of hydrogen-bond donors (Lipinski definition) is 1. The Bertz CT molecular complexity index is 1100. The second-order valence-electron chi connectivity index (χ2n) is 7.79. The lowest BCUT2D eigenvalue weighted by molar-refractivity contribution is 0.0686. The fraction of sp³-hybridized carbons (Fsp3) is 0.348. The van der Waals surface area contributed by atoms with Crippen molar-refractivity contribution in [3.05, 3.63) is 64.3 Å². The van der Waals surface area contributed by atoms with Gasteiger partial charge in [-0.2, -0.15) is 0 Å². The van der Waals surface area contributed by atoms with Crippen molar-refractivity contribution in [2.75, 3.05) is 25.1 Å². The number of carbonyl (C=O) groups is 1. The third-order valence-corrected chi connectivity index (χ3v) is 7.28. The number of carboxylic acid groups (broad SMARTS) is 1. The highest BCUT2D eigenvalue weighted by Gasteiger charge is 2.27. The summed E-state index contributed by atoms with van der Waals surface area (Å²) >= 11 is 7.76. The van der Waals surface area contributed by atoms with Gasteiger partial charge in [-0.1, -0.05) is 35.0 Å². The molecule has 1 fully saturated rings. The van der Waals surface area contributed by atoms with Gasteiger partial charge in [-0.05, 0) is 55.2 Å². The van der Waals surface area contributed by atoms with Crippen LogP contribution in [0.5, 0.6) is 5.75 Å². The van der Waals surface area contributed by atoms with Crippen molar-refractivity contribution in [3.8, 4) is 5.75 Å². The smallest absolute Gasteiger partial charge is 0.359 e. The maximum atomic E-state index is 11.8. The van der Waals surface area contributed by atoms with E-state index in [1.165, 1.54) is 11.3 Å². The van der Waals surface area contributed by atoms with Crippen LogP contribution in [0.15, 0.2) is 47.5 Å². The van der Waals surface area contributed by atoms with Crippen LogP contribution in [0.3, 0.4) is 0 Å². The Hall–Kier alpha value is -2.71. The normalized spacial score (nSPS) is 14.5. The van der Waals surface area contributed by atoms with Crippen molar-refractivity contribution >= 4 is 35.0 Å². The van der Waals surface area contributed by atoms with Gasteiger partial charge < -0.3 is 14.7 Å². The fourth-order valence-electron chi connectivity index (χ4n) is 3.86. The van der Waals surface area contributed by atoms with Crippen LogP contribution in [-0.4, -0.2) is 51.5 Å². The third kappa shape index (κ3) is 5.02. The molecule has 0 atom stereocenters. The van der Waals surface area contributed by atoms with Crippen LogP contribution >= 0.6 is 23.4 Å². The summed E-state index contributed by atoms with van der Waals surface area (Å²) < 4.78 is 6.89. The predicted octanol–water partition coefficient (Wildman–Crippen LogP) is 4.76. The predicted molar refractivity (Wildman–Crippen MR) is 126 cm³/mol. The molecule has 2 aromatic carbocycles. The Labute approximate surface area is 196 Å². The van der Waals surface area contributed by atoms with E-state index < -0.39 is 5.97 Å². The number of anilines is 1. The first-order valence-corrected chi connectivity index (χ1v) is 11.7. The SMILES string of the molecule is COc1ccc(Cn2nnc(C(=O)O)c2SC2CCN(c3cc(Cl)ccc3C)CC2)cc1. The van der Waals surface area contributed by atoms with Gasteiger partial charge >= 0.3 is 5.97 Å². The van der Waals surface area contributed by atoms with E-state index in [1.807, 2.05) is 42.5 Å². The van der Waals surface area contributed by atoms with Crippen molar-refractivity contribution in [3.63, 3.8) is 0 Å². The lowest BCUT2D eigenvalue weighted by Crippen LogP contribution is -2.35. The molecule has 7 nitrogen and oxygen atoms in total. The second kappa shape index (κ2) is 9.83. The summed E-state index contributed by atoms with van der Waals surface area (Å²) in [5.41, 5.74) is 3.38. The number of ether oxygens (including phenoxy) is 1. The molecule has 32 heavy (non-hydrogen) atoms. The van der Waals surface area contributed by atoms with Gasteiger partial charge in [0, 0.05) is 29.0 Å². The summed E-state index contributed by atoms with van der Waals surface area (Å²) in [5, 5.41) is 19.3. The highest BCUT2D eigenvalue weighted by molar-refractivity contribution is 8.00. The molecule has 1 aromatic heterocycles. The molecule has 0 unspecified atom stereocenters. The van der Waals surface area contributed by atoms with E-state index >= 15 is 0 Å². The quantitative estimate of drug-likeness (QED) is 0.531. The van der Waals surface area contributed by atoms with Crippen LogP contribution in [0, 0.1) is 6.92 Å². The maximum absolute atomic E-state index is 11.8. The molecule has 0 bridgehead atoms. The van der Waals surface area contributed by atoms with Crippen LogP contribution in [0.25, 0.3) is 0 Å². The number of methoxy groups -OCH3 is 1. The average Bonchev–Trinajstić information content (AvgIpc) is 3.19. The molecule has 1 aliphatic heterocycles. The van der Waals surface area contributed by atoms with Crippen molar-refractivity contribution in [2.24, 2.45) is 0 Å². The van der Waals surface area contributed by atoms with Crippen LogP contribution in [0.2, 0.25) is 5.02 Å². The van der Waals surface area contributed by atoms with Crippen molar-refractivity contribution in [2.45, 2.75) is 36.6 Å². The number of thioether (sulfide) groups is 1. The largest absolute Gasteiger partial charge is 0.497 e. The van der Waals surface area contributed by atoms with E-state index in [0.29, 0.717) is 11.6 Å². The van der Waals surface area contributed by atoms with Crippen molar-refractivity contribution in [1.82, 2.24) is 15.0 Å². The van der Waals surface area contributed by atoms with Crippen LogP contribution in [0.4, 0.5) is 5.69 Å². The molecular formula is C23H25ClN4O3S. The average molecular weight is 473 g/mol. The molecule has 3 aromatic rings. The molecule has 1 aliphatic rings. The van der Waals surface area contributed by atoms with Gasteiger partial charge in [-0.3, -0.25) is 0 Å². The molecular weight excluding hydrogens is 448 g/mol. The highest BCUT2D eigenvalue weighted by Crippen LogP contribution is 2.35. The number of nitrogens with zero attached hydrogens (tertiary/aromatic N) is 4. The monoisotopic (exact) mass is 472 g/mol. The summed E-state index contributed by atoms with van der Waals surface area (Å²) in [6, 6.07) is 13.6. The molecule has 1 N–H and O–H groups in total. The minimum atomic E-state index is -1.06. The topological polar surface area (TPSA) is 80.5 Å². The van der Waals surface area contributed by atoms with E-state index in [2.05, 4.69) is 22.1 Å². The zero-order valence-corrected chi connectivity index (χ0v) is 19.6. The zero-order chi connectivity index (χ0) is 22.7.